The van der Waals surface area contributed by atoms with E-state index < -0.39 is 11.6 Å². The van der Waals surface area contributed by atoms with Gasteiger partial charge in [-0.2, -0.15) is 0 Å². The SMILES string of the molecule is Fc1ccc(-c2cc3c4c(cccc4n2)-c2ccccc2-3)c(F)c1. The first kappa shape index (κ1) is 13.4. The normalized spacial score (nSPS) is 11.8. The van der Waals surface area contributed by atoms with E-state index in [0.717, 1.165) is 39.2 Å². The number of halogens is 2. The zero-order valence-corrected chi connectivity index (χ0v) is 12.6. The highest BCUT2D eigenvalue weighted by Crippen LogP contribution is 2.47. The number of nitrogens with zero attached hydrogens (tertiary/aromatic N) is 1. The van der Waals surface area contributed by atoms with Crippen LogP contribution in [0.1, 0.15) is 0 Å². The predicted octanol–water partition coefficient (Wildman–Crippen LogP) is 5.83. The molecule has 0 amide bonds. The third-order valence-electron chi connectivity index (χ3n) is 4.55. The Bertz CT molecular complexity index is 1130. The molecule has 0 saturated carbocycles. The first-order valence-corrected chi connectivity index (χ1v) is 7.71. The van der Waals surface area contributed by atoms with Crippen molar-refractivity contribution in [2.75, 3.05) is 0 Å². The second-order valence-electron chi connectivity index (χ2n) is 5.92. The van der Waals surface area contributed by atoms with E-state index in [0.29, 0.717) is 11.3 Å². The van der Waals surface area contributed by atoms with Crippen LogP contribution in [0.3, 0.4) is 0 Å². The summed E-state index contributed by atoms with van der Waals surface area (Å²) in [6, 6.07) is 19.6. The van der Waals surface area contributed by atoms with Crippen molar-refractivity contribution in [1.82, 2.24) is 4.98 Å². The standard InChI is InChI=1S/C21H11F2N/c22-12-8-9-16(18(23)10-12)20-11-17-14-5-2-1-4-13(14)15-6-3-7-19(24-20)21(15)17/h1-11H. The number of aromatic nitrogens is 1. The van der Waals surface area contributed by atoms with Crippen LogP contribution in [0.2, 0.25) is 0 Å². The number of rotatable bonds is 1. The van der Waals surface area contributed by atoms with E-state index in [1.54, 1.807) is 0 Å². The highest BCUT2D eigenvalue weighted by Gasteiger charge is 2.22. The van der Waals surface area contributed by atoms with E-state index in [1.165, 1.54) is 12.1 Å². The molecule has 3 aromatic carbocycles. The van der Waals surface area contributed by atoms with E-state index in [4.69, 9.17) is 0 Å². The Kier molecular flexibility index (Phi) is 2.63. The monoisotopic (exact) mass is 315 g/mol. The maximum absolute atomic E-state index is 14.2. The summed E-state index contributed by atoms with van der Waals surface area (Å²) < 4.78 is 27.4. The minimum atomic E-state index is -0.600. The van der Waals surface area contributed by atoms with Crippen LogP contribution in [-0.4, -0.2) is 4.98 Å². The molecule has 0 fully saturated rings. The van der Waals surface area contributed by atoms with Gasteiger partial charge in [0.15, 0.2) is 0 Å². The van der Waals surface area contributed by atoms with Crippen LogP contribution in [-0.2, 0) is 0 Å². The summed E-state index contributed by atoms with van der Waals surface area (Å²) >= 11 is 0. The minimum Gasteiger partial charge on any atom is -0.248 e. The molecule has 0 N–H and O–H groups in total. The molecule has 0 spiro atoms. The Labute approximate surface area is 137 Å². The van der Waals surface area contributed by atoms with Gasteiger partial charge in [0.25, 0.3) is 0 Å². The van der Waals surface area contributed by atoms with Crippen molar-refractivity contribution < 1.29 is 8.78 Å². The Morgan fingerprint density at radius 2 is 1.38 bits per heavy atom. The molecular weight excluding hydrogens is 304 g/mol. The molecule has 24 heavy (non-hydrogen) atoms. The lowest BCUT2D eigenvalue weighted by Crippen LogP contribution is -1.91. The number of hydrogen-bond donors (Lipinski definition) is 0. The summed E-state index contributed by atoms with van der Waals surface area (Å²) in [5.41, 5.74) is 6.13. The third kappa shape index (κ3) is 1.75. The van der Waals surface area contributed by atoms with Gasteiger partial charge in [0, 0.05) is 17.0 Å². The average Bonchev–Trinajstić information content (AvgIpc) is 2.91. The van der Waals surface area contributed by atoms with Gasteiger partial charge < -0.3 is 0 Å². The van der Waals surface area contributed by atoms with Gasteiger partial charge in [-0.15, -0.1) is 0 Å². The molecule has 1 aliphatic rings. The largest absolute Gasteiger partial charge is 0.248 e. The lowest BCUT2D eigenvalue weighted by molar-refractivity contribution is 0.585. The van der Waals surface area contributed by atoms with E-state index in [2.05, 4.69) is 23.2 Å². The van der Waals surface area contributed by atoms with Gasteiger partial charge in [-0.25, -0.2) is 13.8 Å². The van der Waals surface area contributed by atoms with Crippen molar-refractivity contribution in [3.05, 3.63) is 78.4 Å². The molecule has 0 atom stereocenters. The van der Waals surface area contributed by atoms with E-state index in [9.17, 15) is 8.78 Å². The molecule has 4 aromatic rings. The molecule has 3 heteroatoms. The van der Waals surface area contributed by atoms with Crippen LogP contribution in [0.5, 0.6) is 0 Å². The zero-order valence-electron chi connectivity index (χ0n) is 12.6. The quantitative estimate of drug-likeness (QED) is 0.379. The van der Waals surface area contributed by atoms with Crippen molar-refractivity contribution >= 4 is 10.9 Å². The summed E-state index contributed by atoms with van der Waals surface area (Å²) in [4.78, 5) is 4.62. The summed E-state index contributed by atoms with van der Waals surface area (Å²) in [7, 11) is 0. The first-order valence-electron chi connectivity index (χ1n) is 7.71. The van der Waals surface area contributed by atoms with Gasteiger partial charge in [0.2, 0.25) is 0 Å². The van der Waals surface area contributed by atoms with Gasteiger partial charge in [-0.1, -0.05) is 36.4 Å². The fraction of sp³-hybridized carbons (Fsp3) is 0. The van der Waals surface area contributed by atoms with Gasteiger partial charge in [-0.3, -0.25) is 0 Å². The number of hydrogen-bond acceptors (Lipinski definition) is 1. The molecule has 0 aliphatic heterocycles. The molecular formula is C21H11F2N. The highest BCUT2D eigenvalue weighted by molar-refractivity contribution is 6.14. The fourth-order valence-corrected chi connectivity index (χ4v) is 3.51. The van der Waals surface area contributed by atoms with Crippen LogP contribution in [0.15, 0.2) is 66.7 Å². The number of pyridine rings is 1. The number of benzene rings is 3. The van der Waals surface area contributed by atoms with Crippen molar-refractivity contribution in [1.29, 1.82) is 0 Å². The van der Waals surface area contributed by atoms with E-state index in [1.807, 2.05) is 30.3 Å². The molecule has 114 valence electrons. The van der Waals surface area contributed by atoms with Crippen molar-refractivity contribution in [3.8, 4) is 33.5 Å². The topological polar surface area (TPSA) is 12.9 Å². The maximum Gasteiger partial charge on any atom is 0.135 e. The lowest BCUT2D eigenvalue weighted by atomic mass is 10.0. The lowest BCUT2D eigenvalue weighted by Gasteiger charge is -2.08. The molecule has 1 aromatic heterocycles. The summed E-state index contributed by atoms with van der Waals surface area (Å²) in [6.45, 7) is 0. The van der Waals surface area contributed by atoms with Crippen molar-refractivity contribution in [2.24, 2.45) is 0 Å². The molecule has 5 rings (SSSR count). The van der Waals surface area contributed by atoms with Crippen molar-refractivity contribution in [3.63, 3.8) is 0 Å². The minimum absolute atomic E-state index is 0.310. The van der Waals surface area contributed by atoms with Gasteiger partial charge in [0.05, 0.1) is 11.2 Å². The van der Waals surface area contributed by atoms with E-state index >= 15 is 0 Å². The van der Waals surface area contributed by atoms with Gasteiger partial charge in [0.1, 0.15) is 11.6 Å². The van der Waals surface area contributed by atoms with Gasteiger partial charge in [-0.05, 0) is 46.5 Å². The average molecular weight is 315 g/mol. The van der Waals surface area contributed by atoms with Crippen molar-refractivity contribution in [2.45, 2.75) is 0 Å². The van der Waals surface area contributed by atoms with Crippen LogP contribution in [0.4, 0.5) is 8.78 Å². The Morgan fingerprint density at radius 3 is 2.17 bits per heavy atom. The second kappa shape index (κ2) is 4.71. The smallest absolute Gasteiger partial charge is 0.135 e. The van der Waals surface area contributed by atoms with Crippen LogP contribution >= 0.6 is 0 Å². The molecule has 0 unspecified atom stereocenters. The summed E-state index contributed by atoms with van der Waals surface area (Å²) in [5, 5.41) is 1.09. The number of fused-ring (bicyclic) bond motifs is 3. The molecule has 1 heterocycles. The Morgan fingerprint density at radius 1 is 0.625 bits per heavy atom. The second-order valence-corrected chi connectivity index (χ2v) is 5.92. The first-order chi connectivity index (χ1) is 11.7. The van der Waals surface area contributed by atoms with Crippen LogP contribution in [0.25, 0.3) is 44.4 Å². The Hall–Kier alpha value is -3.07. The predicted molar refractivity (Wildman–Crippen MR) is 91.5 cm³/mol. The van der Waals surface area contributed by atoms with Crippen LogP contribution < -0.4 is 0 Å². The maximum atomic E-state index is 14.2. The van der Waals surface area contributed by atoms with E-state index in [-0.39, 0.29) is 0 Å². The molecule has 0 bridgehead atoms. The molecule has 1 aliphatic carbocycles. The summed E-state index contributed by atoms with van der Waals surface area (Å²) in [6.07, 6.45) is 0. The molecule has 0 saturated heterocycles. The fourth-order valence-electron chi connectivity index (χ4n) is 3.51. The highest BCUT2D eigenvalue weighted by atomic mass is 19.1. The summed E-state index contributed by atoms with van der Waals surface area (Å²) in [5.74, 6) is -1.19. The zero-order chi connectivity index (χ0) is 16.3. The third-order valence-corrected chi connectivity index (χ3v) is 4.55. The van der Waals surface area contributed by atoms with Gasteiger partial charge >= 0.3 is 0 Å². The molecule has 1 nitrogen and oxygen atoms in total. The Balaban J connectivity index is 1.86. The van der Waals surface area contributed by atoms with Crippen LogP contribution in [0, 0.1) is 11.6 Å². The molecule has 0 radical (unpaired) electrons.